The molecule has 0 amide bonds. The smallest absolute Gasteiger partial charge is 0.338 e. The first-order valence-electron chi connectivity index (χ1n) is 10.8. The van der Waals surface area contributed by atoms with Crippen LogP contribution in [-0.2, 0) is 30.3 Å². The molecule has 0 N–H and O–H groups in total. The molecule has 184 valence electrons. The maximum atomic E-state index is 12.2. The number of benzene rings is 2. The van der Waals surface area contributed by atoms with E-state index in [1.807, 2.05) is 12.1 Å². The van der Waals surface area contributed by atoms with Crippen molar-refractivity contribution in [3.05, 3.63) is 41.5 Å². The third-order valence-corrected chi connectivity index (χ3v) is 5.14. The lowest BCUT2D eigenvalue weighted by atomic mass is 9.95. The van der Waals surface area contributed by atoms with E-state index < -0.39 is 11.6 Å². The number of carbonyl (C=O) groups excluding carboxylic acids is 2. The van der Waals surface area contributed by atoms with E-state index in [0.717, 1.165) is 11.1 Å². The van der Waals surface area contributed by atoms with E-state index in [1.165, 1.54) is 14.2 Å². The van der Waals surface area contributed by atoms with Crippen molar-refractivity contribution < 1.29 is 42.7 Å². The summed E-state index contributed by atoms with van der Waals surface area (Å²) in [5.41, 5.74) is 1.79. The molecule has 2 aromatic carbocycles. The molecule has 1 aliphatic heterocycles. The molecule has 0 unspecified atom stereocenters. The molecule has 3 rings (SSSR count). The third kappa shape index (κ3) is 5.78. The molecule has 9 heteroatoms. The Balaban J connectivity index is 1.86. The Kier molecular flexibility index (Phi) is 8.36. The van der Waals surface area contributed by atoms with Crippen LogP contribution >= 0.6 is 0 Å². The molecular formula is C25H30O9. The average Bonchev–Trinajstić information content (AvgIpc) is 3.20. The number of fused-ring (bicyclic) bond motifs is 1. The van der Waals surface area contributed by atoms with Crippen LogP contribution in [0.2, 0.25) is 0 Å². The predicted octanol–water partition coefficient (Wildman–Crippen LogP) is 3.40. The van der Waals surface area contributed by atoms with Gasteiger partial charge in [0, 0.05) is 18.2 Å². The van der Waals surface area contributed by atoms with Gasteiger partial charge in [0.25, 0.3) is 0 Å². The Morgan fingerprint density at radius 2 is 1.74 bits per heavy atom. The summed E-state index contributed by atoms with van der Waals surface area (Å²) in [4.78, 5) is 24.2. The minimum absolute atomic E-state index is 0.0256. The van der Waals surface area contributed by atoms with E-state index in [1.54, 1.807) is 39.2 Å². The van der Waals surface area contributed by atoms with Crippen molar-refractivity contribution in [3.63, 3.8) is 0 Å². The number of carbonyl (C=O) groups is 2. The van der Waals surface area contributed by atoms with Crippen molar-refractivity contribution in [2.75, 3.05) is 47.8 Å². The number of methoxy groups -OCH3 is 3. The highest BCUT2D eigenvalue weighted by atomic mass is 16.6. The molecule has 0 aliphatic carbocycles. The molecule has 0 aromatic heterocycles. The van der Waals surface area contributed by atoms with Gasteiger partial charge >= 0.3 is 11.9 Å². The van der Waals surface area contributed by atoms with Crippen molar-refractivity contribution in [2.45, 2.75) is 26.1 Å². The molecule has 0 atom stereocenters. The van der Waals surface area contributed by atoms with Crippen LogP contribution in [0.1, 0.15) is 29.8 Å². The molecule has 0 saturated heterocycles. The summed E-state index contributed by atoms with van der Waals surface area (Å²) in [6, 6.07) is 9.00. The zero-order chi connectivity index (χ0) is 24.7. The standard InChI is InChI=1S/C25H30O9/c1-25(2,34-21(26)14-31-12-11-28-3)15-33-22-17(9-10-20(29-4)23(22)30-5)16-7-6-8-18-19(16)13-32-24(18)27/h6-10H,11-15H2,1-5H3. The lowest BCUT2D eigenvalue weighted by Gasteiger charge is -2.27. The Labute approximate surface area is 198 Å². The van der Waals surface area contributed by atoms with Gasteiger partial charge in [0.1, 0.15) is 25.4 Å². The second-order valence-corrected chi connectivity index (χ2v) is 8.15. The number of hydrogen-bond donors (Lipinski definition) is 0. The summed E-state index contributed by atoms with van der Waals surface area (Å²) >= 11 is 0. The molecule has 0 bridgehead atoms. The van der Waals surface area contributed by atoms with Crippen molar-refractivity contribution in [1.29, 1.82) is 0 Å². The molecule has 0 spiro atoms. The second kappa shape index (κ2) is 11.2. The summed E-state index contributed by atoms with van der Waals surface area (Å²) in [5.74, 6) is 0.380. The van der Waals surface area contributed by atoms with Crippen LogP contribution in [0.25, 0.3) is 11.1 Å². The fraction of sp³-hybridized carbons (Fsp3) is 0.440. The Bertz CT molecular complexity index is 1030. The van der Waals surface area contributed by atoms with Crippen LogP contribution in [-0.4, -0.2) is 65.3 Å². The molecule has 1 heterocycles. The summed E-state index contributed by atoms with van der Waals surface area (Å²) in [5, 5.41) is 0. The number of hydrogen-bond acceptors (Lipinski definition) is 9. The first kappa shape index (κ1) is 25.3. The minimum Gasteiger partial charge on any atom is -0.493 e. The number of rotatable bonds is 12. The fourth-order valence-electron chi connectivity index (χ4n) is 3.57. The maximum Gasteiger partial charge on any atom is 0.338 e. The zero-order valence-electron chi connectivity index (χ0n) is 20.1. The van der Waals surface area contributed by atoms with E-state index in [4.69, 9.17) is 33.2 Å². The van der Waals surface area contributed by atoms with Gasteiger partial charge in [-0.3, -0.25) is 0 Å². The highest BCUT2D eigenvalue weighted by molar-refractivity contribution is 5.96. The average molecular weight is 475 g/mol. The van der Waals surface area contributed by atoms with Gasteiger partial charge in [-0.25, -0.2) is 9.59 Å². The van der Waals surface area contributed by atoms with E-state index in [-0.39, 0.29) is 25.8 Å². The highest BCUT2D eigenvalue weighted by Gasteiger charge is 2.29. The van der Waals surface area contributed by atoms with Gasteiger partial charge in [-0.05, 0) is 37.6 Å². The number of ether oxygens (including phenoxy) is 7. The molecule has 0 fully saturated rings. The fourth-order valence-corrected chi connectivity index (χ4v) is 3.57. The SMILES string of the molecule is COCCOCC(=O)OC(C)(C)COc1c(-c2cccc3c2COC3=O)ccc(OC)c1OC. The molecule has 2 aromatic rings. The van der Waals surface area contributed by atoms with Gasteiger partial charge in [0.2, 0.25) is 5.75 Å². The quantitative estimate of drug-likeness (QED) is 0.338. The zero-order valence-corrected chi connectivity index (χ0v) is 20.1. The lowest BCUT2D eigenvalue weighted by molar-refractivity contribution is -0.164. The van der Waals surface area contributed by atoms with Crippen LogP contribution in [0.5, 0.6) is 17.2 Å². The topological polar surface area (TPSA) is 98.8 Å². The molecule has 9 nitrogen and oxygen atoms in total. The highest BCUT2D eigenvalue weighted by Crippen LogP contribution is 2.46. The third-order valence-electron chi connectivity index (χ3n) is 5.14. The first-order valence-corrected chi connectivity index (χ1v) is 10.8. The normalized spacial score (nSPS) is 12.7. The van der Waals surface area contributed by atoms with Gasteiger partial charge in [0.05, 0.1) is 33.0 Å². The first-order chi connectivity index (χ1) is 16.3. The minimum atomic E-state index is -0.967. The van der Waals surface area contributed by atoms with Crippen LogP contribution in [0.4, 0.5) is 0 Å². The second-order valence-electron chi connectivity index (χ2n) is 8.15. The van der Waals surface area contributed by atoms with E-state index in [9.17, 15) is 9.59 Å². The van der Waals surface area contributed by atoms with Gasteiger partial charge < -0.3 is 33.2 Å². The van der Waals surface area contributed by atoms with Crippen LogP contribution in [0, 0.1) is 0 Å². The Hall–Kier alpha value is -3.30. The molecule has 0 saturated carbocycles. The lowest BCUT2D eigenvalue weighted by Crippen LogP contribution is -2.36. The summed E-state index contributed by atoms with van der Waals surface area (Å²) < 4.78 is 38.1. The predicted molar refractivity (Wildman–Crippen MR) is 122 cm³/mol. The maximum absolute atomic E-state index is 12.2. The molecular weight excluding hydrogens is 444 g/mol. The molecule has 1 aliphatic rings. The molecule has 34 heavy (non-hydrogen) atoms. The van der Waals surface area contributed by atoms with Crippen LogP contribution < -0.4 is 14.2 Å². The van der Waals surface area contributed by atoms with Crippen molar-refractivity contribution in [1.82, 2.24) is 0 Å². The number of cyclic esters (lactones) is 1. The van der Waals surface area contributed by atoms with E-state index in [2.05, 4.69) is 0 Å². The largest absolute Gasteiger partial charge is 0.493 e. The summed E-state index contributed by atoms with van der Waals surface area (Å²) in [6.07, 6.45) is 0. The van der Waals surface area contributed by atoms with Gasteiger partial charge in [-0.15, -0.1) is 0 Å². The van der Waals surface area contributed by atoms with Gasteiger partial charge in [-0.1, -0.05) is 12.1 Å². The Morgan fingerprint density at radius 1 is 0.971 bits per heavy atom. The number of esters is 2. The van der Waals surface area contributed by atoms with E-state index in [0.29, 0.717) is 41.6 Å². The van der Waals surface area contributed by atoms with Crippen molar-refractivity contribution in [2.24, 2.45) is 0 Å². The Morgan fingerprint density at radius 3 is 2.44 bits per heavy atom. The molecule has 0 radical (unpaired) electrons. The van der Waals surface area contributed by atoms with Crippen molar-refractivity contribution >= 4 is 11.9 Å². The summed E-state index contributed by atoms with van der Waals surface area (Å²) in [7, 11) is 4.60. The van der Waals surface area contributed by atoms with Crippen LogP contribution in [0.15, 0.2) is 30.3 Å². The van der Waals surface area contributed by atoms with E-state index >= 15 is 0 Å². The van der Waals surface area contributed by atoms with Gasteiger partial charge in [-0.2, -0.15) is 0 Å². The summed E-state index contributed by atoms with van der Waals surface area (Å²) in [6.45, 7) is 4.16. The van der Waals surface area contributed by atoms with Crippen LogP contribution in [0.3, 0.4) is 0 Å². The van der Waals surface area contributed by atoms with Crippen molar-refractivity contribution in [3.8, 4) is 28.4 Å². The van der Waals surface area contributed by atoms with Gasteiger partial charge in [0.15, 0.2) is 11.5 Å². The monoisotopic (exact) mass is 474 g/mol.